The maximum absolute atomic E-state index is 12.5. The number of thiazole rings is 1. The van der Waals surface area contributed by atoms with Crippen LogP contribution in [0.5, 0.6) is 0 Å². The molecular weight excluding hydrogens is 370 g/mol. The van der Waals surface area contributed by atoms with Crippen molar-refractivity contribution in [3.05, 3.63) is 10.6 Å². The summed E-state index contributed by atoms with van der Waals surface area (Å²) in [5.74, 6) is 0.388. The highest BCUT2D eigenvalue weighted by atomic mass is 32.1. The minimum Gasteiger partial charge on any atom is -0.378 e. The summed E-state index contributed by atoms with van der Waals surface area (Å²) in [4.78, 5) is 19.8. The number of hydrazine groups is 1. The summed E-state index contributed by atoms with van der Waals surface area (Å²) in [6, 6.07) is 0.374. The van der Waals surface area contributed by atoms with E-state index in [1.54, 1.807) is 0 Å². The Labute approximate surface area is 163 Å². The van der Waals surface area contributed by atoms with E-state index in [4.69, 9.17) is 17.0 Å². The number of thiocarbonyl (C=S) groups is 1. The normalized spacial score (nSPS) is 23.4. The number of morpholine rings is 1. The van der Waals surface area contributed by atoms with E-state index >= 15 is 0 Å². The maximum Gasteiger partial charge on any atom is 0.281 e. The molecule has 1 aromatic rings. The van der Waals surface area contributed by atoms with Crippen molar-refractivity contribution in [1.82, 2.24) is 21.2 Å². The Balaban J connectivity index is 1.51. The molecule has 3 N–H and O–H groups in total. The molecule has 1 saturated carbocycles. The molecule has 1 aliphatic heterocycles. The van der Waals surface area contributed by atoms with Gasteiger partial charge in [-0.25, -0.2) is 4.98 Å². The van der Waals surface area contributed by atoms with Gasteiger partial charge in [0.1, 0.15) is 4.88 Å². The fourth-order valence-corrected chi connectivity index (χ4v) is 4.60. The van der Waals surface area contributed by atoms with E-state index in [9.17, 15) is 4.79 Å². The van der Waals surface area contributed by atoms with E-state index in [2.05, 4.69) is 33.0 Å². The van der Waals surface area contributed by atoms with Gasteiger partial charge in [-0.05, 0) is 37.9 Å². The second-order valence-corrected chi connectivity index (χ2v) is 8.32. The van der Waals surface area contributed by atoms with Gasteiger partial charge in [0.25, 0.3) is 5.91 Å². The van der Waals surface area contributed by atoms with Crippen molar-refractivity contribution in [2.45, 2.75) is 45.6 Å². The first-order chi connectivity index (χ1) is 12.5. The molecule has 0 spiro atoms. The zero-order valence-electron chi connectivity index (χ0n) is 15.3. The van der Waals surface area contributed by atoms with Gasteiger partial charge in [0.2, 0.25) is 0 Å². The van der Waals surface area contributed by atoms with Crippen LogP contribution in [0.15, 0.2) is 0 Å². The molecule has 1 saturated heterocycles. The average molecular weight is 398 g/mol. The van der Waals surface area contributed by atoms with Gasteiger partial charge in [0.05, 0.1) is 18.9 Å². The standard InChI is InChI=1S/C17H27N5O2S2/c1-11-5-3-4-6-13(11)19-16(25)21-20-15(23)14-12(2)18-17(26-14)22-7-9-24-10-8-22/h11,13H,3-10H2,1-2H3,(H,20,23)(H2,19,21,25)/t11-,13+/m0/s1. The van der Waals surface area contributed by atoms with E-state index in [1.165, 1.54) is 30.6 Å². The molecule has 2 heterocycles. The van der Waals surface area contributed by atoms with Crippen molar-refractivity contribution in [3.63, 3.8) is 0 Å². The molecule has 144 valence electrons. The van der Waals surface area contributed by atoms with E-state index in [1.807, 2.05) is 6.92 Å². The first kappa shape index (κ1) is 19.3. The lowest BCUT2D eigenvalue weighted by Gasteiger charge is -2.30. The van der Waals surface area contributed by atoms with E-state index in [0.29, 0.717) is 35.2 Å². The molecule has 26 heavy (non-hydrogen) atoms. The summed E-state index contributed by atoms with van der Waals surface area (Å²) >= 11 is 6.73. The van der Waals surface area contributed by atoms with Gasteiger partial charge in [-0.1, -0.05) is 31.1 Å². The Morgan fingerprint density at radius 2 is 2.00 bits per heavy atom. The minimum atomic E-state index is -0.208. The number of aryl methyl sites for hydroxylation is 1. The van der Waals surface area contributed by atoms with Crippen molar-refractivity contribution in [3.8, 4) is 0 Å². The third-order valence-electron chi connectivity index (χ3n) is 4.99. The Morgan fingerprint density at radius 3 is 2.73 bits per heavy atom. The summed E-state index contributed by atoms with van der Waals surface area (Å²) in [6.45, 7) is 7.10. The van der Waals surface area contributed by atoms with Crippen molar-refractivity contribution in [2.24, 2.45) is 5.92 Å². The van der Waals surface area contributed by atoms with Gasteiger partial charge in [0.15, 0.2) is 10.2 Å². The number of carbonyl (C=O) groups is 1. The van der Waals surface area contributed by atoms with Crippen molar-refractivity contribution >= 4 is 39.7 Å². The molecule has 2 aliphatic rings. The van der Waals surface area contributed by atoms with Crippen LogP contribution in [0.1, 0.15) is 48.0 Å². The molecular formula is C17H27N5O2S2. The highest BCUT2D eigenvalue weighted by molar-refractivity contribution is 7.80. The predicted molar refractivity (Wildman–Crippen MR) is 108 cm³/mol. The number of hydrogen-bond acceptors (Lipinski definition) is 6. The van der Waals surface area contributed by atoms with Gasteiger partial charge in [-0.3, -0.25) is 15.6 Å². The smallest absolute Gasteiger partial charge is 0.281 e. The zero-order chi connectivity index (χ0) is 18.5. The van der Waals surface area contributed by atoms with Gasteiger partial charge < -0.3 is 15.0 Å². The van der Waals surface area contributed by atoms with Crippen LogP contribution in [0.3, 0.4) is 0 Å². The SMILES string of the molecule is Cc1nc(N2CCOCC2)sc1C(=O)NNC(=S)N[C@@H]1CCCC[C@@H]1C. The predicted octanol–water partition coefficient (Wildman–Crippen LogP) is 1.98. The van der Waals surface area contributed by atoms with Crippen LogP contribution < -0.4 is 21.1 Å². The lowest BCUT2D eigenvalue weighted by molar-refractivity contribution is 0.0946. The van der Waals surface area contributed by atoms with Crippen molar-refractivity contribution in [2.75, 3.05) is 31.2 Å². The molecule has 0 aromatic carbocycles. The lowest BCUT2D eigenvalue weighted by Crippen LogP contribution is -2.51. The third kappa shape index (κ3) is 4.83. The molecule has 0 bridgehead atoms. The number of carbonyl (C=O) groups excluding carboxylic acids is 1. The van der Waals surface area contributed by atoms with Crippen LogP contribution in [0.2, 0.25) is 0 Å². The first-order valence-corrected chi connectivity index (χ1v) is 10.4. The first-order valence-electron chi connectivity index (χ1n) is 9.21. The van der Waals surface area contributed by atoms with Crippen molar-refractivity contribution < 1.29 is 9.53 Å². The highest BCUT2D eigenvalue weighted by Crippen LogP contribution is 2.26. The fraction of sp³-hybridized carbons (Fsp3) is 0.706. The highest BCUT2D eigenvalue weighted by Gasteiger charge is 2.23. The van der Waals surface area contributed by atoms with Crippen LogP contribution in [0.25, 0.3) is 0 Å². The Kier molecular flexibility index (Phi) is 6.66. The van der Waals surface area contributed by atoms with Crippen LogP contribution >= 0.6 is 23.6 Å². The molecule has 7 nitrogen and oxygen atoms in total. The van der Waals surface area contributed by atoms with Gasteiger partial charge >= 0.3 is 0 Å². The number of amides is 1. The number of nitrogens with zero attached hydrogens (tertiary/aromatic N) is 2. The molecule has 2 atom stereocenters. The Hall–Kier alpha value is -1.45. The molecule has 3 rings (SSSR count). The lowest BCUT2D eigenvalue weighted by atomic mass is 9.86. The van der Waals surface area contributed by atoms with E-state index < -0.39 is 0 Å². The van der Waals surface area contributed by atoms with Crippen LogP contribution in [0, 0.1) is 12.8 Å². The van der Waals surface area contributed by atoms with Gasteiger partial charge in [-0.2, -0.15) is 0 Å². The topological polar surface area (TPSA) is 78.5 Å². The number of ether oxygens (including phenoxy) is 1. The molecule has 1 amide bonds. The second-order valence-electron chi connectivity index (χ2n) is 6.93. The molecule has 1 aliphatic carbocycles. The summed E-state index contributed by atoms with van der Waals surface area (Å²) in [6.07, 6.45) is 4.85. The number of aromatic nitrogens is 1. The van der Waals surface area contributed by atoms with Crippen LogP contribution in [-0.4, -0.2) is 48.3 Å². The zero-order valence-corrected chi connectivity index (χ0v) is 17.0. The number of rotatable bonds is 3. The van der Waals surface area contributed by atoms with Crippen LogP contribution in [-0.2, 0) is 4.74 Å². The summed E-state index contributed by atoms with van der Waals surface area (Å²) in [5.41, 5.74) is 6.26. The van der Waals surface area contributed by atoms with Gasteiger partial charge in [-0.15, -0.1) is 0 Å². The Bertz CT molecular complexity index is 645. The summed E-state index contributed by atoms with van der Waals surface area (Å²) in [5, 5.41) is 4.65. The second kappa shape index (κ2) is 8.96. The fourth-order valence-electron chi connectivity index (χ4n) is 3.39. The molecule has 9 heteroatoms. The van der Waals surface area contributed by atoms with E-state index in [0.717, 1.165) is 30.3 Å². The number of hydrogen-bond donors (Lipinski definition) is 3. The molecule has 0 unspecified atom stereocenters. The molecule has 2 fully saturated rings. The third-order valence-corrected chi connectivity index (χ3v) is 6.43. The summed E-state index contributed by atoms with van der Waals surface area (Å²) < 4.78 is 5.37. The molecule has 0 radical (unpaired) electrons. The Morgan fingerprint density at radius 1 is 1.27 bits per heavy atom. The van der Waals surface area contributed by atoms with Crippen molar-refractivity contribution in [1.29, 1.82) is 0 Å². The van der Waals surface area contributed by atoms with Gasteiger partial charge in [0, 0.05) is 19.1 Å². The van der Waals surface area contributed by atoms with E-state index in [-0.39, 0.29) is 5.91 Å². The minimum absolute atomic E-state index is 0.208. The maximum atomic E-state index is 12.5. The number of anilines is 1. The summed E-state index contributed by atoms with van der Waals surface area (Å²) in [7, 11) is 0. The largest absolute Gasteiger partial charge is 0.378 e. The average Bonchev–Trinajstić information content (AvgIpc) is 3.04. The quantitative estimate of drug-likeness (QED) is 0.532. The monoisotopic (exact) mass is 397 g/mol. The van der Waals surface area contributed by atoms with Crippen LogP contribution in [0.4, 0.5) is 5.13 Å². The molecule has 1 aromatic heterocycles. The number of nitrogens with one attached hydrogen (secondary N) is 3.